The summed E-state index contributed by atoms with van der Waals surface area (Å²) in [5.41, 5.74) is 0. The zero-order chi connectivity index (χ0) is 38.3. The van der Waals surface area contributed by atoms with Crippen LogP contribution in [0.3, 0.4) is 0 Å². The van der Waals surface area contributed by atoms with Crippen LogP contribution in [-0.2, 0) is 38.3 Å². The van der Waals surface area contributed by atoms with Gasteiger partial charge in [-0.05, 0) is 51.4 Å². The number of aliphatic hydroxyl groups excluding tert-OH is 3. The molecule has 0 aliphatic carbocycles. The van der Waals surface area contributed by atoms with Crippen LogP contribution in [0.1, 0.15) is 104 Å². The average molecular weight is 757 g/mol. The molecule has 0 aromatic carbocycles. The summed E-state index contributed by atoms with van der Waals surface area (Å²) in [6, 6.07) is 0. The van der Waals surface area contributed by atoms with Crippen molar-refractivity contribution in [3.8, 4) is 0 Å². The van der Waals surface area contributed by atoms with E-state index in [2.05, 4.69) is 78.8 Å². The largest absolute Gasteiger partial charge is 0.457 e. The summed E-state index contributed by atoms with van der Waals surface area (Å²) in [6.07, 6.45) is 28.5. The number of esters is 1. The lowest BCUT2D eigenvalue weighted by molar-refractivity contribution is -0.301. The Hall–Kier alpha value is -2.46. The van der Waals surface area contributed by atoms with E-state index in [0.717, 1.165) is 70.6 Å². The molecule has 4 N–H and O–H groups in total. The number of rotatable bonds is 30. The Balaban J connectivity index is 2.52. The molecule has 13 heteroatoms. The van der Waals surface area contributed by atoms with Crippen molar-refractivity contribution in [1.29, 1.82) is 0 Å². The van der Waals surface area contributed by atoms with Gasteiger partial charge in [-0.15, -0.1) is 0 Å². The fraction of sp³-hybridized carbons (Fsp3) is 0.667. The van der Waals surface area contributed by atoms with Crippen molar-refractivity contribution in [2.24, 2.45) is 0 Å². The first kappa shape index (κ1) is 47.6. The van der Waals surface area contributed by atoms with Gasteiger partial charge in [0.1, 0.15) is 30.5 Å². The van der Waals surface area contributed by atoms with Crippen LogP contribution in [0.5, 0.6) is 0 Å². The molecule has 0 aromatic rings. The third-order valence-corrected chi connectivity index (χ3v) is 8.32. The number of ether oxygens (including phenoxy) is 4. The third kappa shape index (κ3) is 24.7. The molecular formula is C39H64O12S. The van der Waals surface area contributed by atoms with Gasteiger partial charge in [0.05, 0.1) is 19.8 Å². The molecule has 0 bridgehead atoms. The highest BCUT2D eigenvalue weighted by atomic mass is 32.3. The van der Waals surface area contributed by atoms with Crippen molar-refractivity contribution >= 4 is 16.4 Å². The molecule has 1 heterocycles. The molecule has 1 aliphatic heterocycles. The molecule has 1 fully saturated rings. The zero-order valence-corrected chi connectivity index (χ0v) is 31.9. The first-order chi connectivity index (χ1) is 25.1. The van der Waals surface area contributed by atoms with Gasteiger partial charge in [0.15, 0.2) is 6.29 Å². The molecule has 1 aliphatic rings. The second kappa shape index (κ2) is 30.9. The average Bonchev–Trinajstić information content (AvgIpc) is 3.11. The second-order valence-electron chi connectivity index (χ2n) is 12.4. The molecule has 0 aromatic heterocycles. The van der Waals surface area contributed by atoms with E-state index in [4.69, 9.17) is 23.5 Å². The normalized spacial score (nSPS) is 22.3. The third-order valence-electron chi connectivity index (χ3n) is 7.86. The number of allylic oxidation sites excluding steroid dienone is 12. The summed E-state index contributed by atoms with van der Waals surface area (Å²) in [4.78, 5) is 12.7. The van der Waals surface area contributed by atoms with E-state index in [1.807, 2.05) is 12.2 Å². The number of hydrogen-bond donors (Lipinski definition) is 4. The van der Waals surface area contributed by atoms with Gasteiger partial charge in [0.25, 0.3) is 0 Å². The molecule has 1 saturated heterocycles. The van der Waals surface area contributed by atoms with Crippen LogP contribution in [0.25, 0.3) is 0 Å². The lowest BCUT2D eigenvalue weighted by Gasteiger charge is -2.41. The Bertz CT molecular complexity index is 1190. The fourth-order valence-corrected chi connectivity index (χ4v) is 5.56. The summed E-state index contributed by atoms with van der Waals surface area (Å²) in [5.74, 6) is -0.488. The topological polar surface area (TPSA) is 178 Å². The van der Waals surface area contributed by atoms with Crippen LogP contribution in [0, 0.1) is 0 Å². The van der Waals surface area contributed by atoms with Crippen molar-refractivity contribution in [1.82, 2.24) is 0 Å². The number of unbranched alkanes of at least 4 members (excludes halogenated alkanes) is 5. The molecule has 0 amide bonds. The van der Waals surface area contributed by atoms with Crippen molar-refractivity contribution in [3.05, 3.63) is 72.9 Å². The van der Waals surface area contributed by atoms with Crippen molar-refractivity contribution in [2.45, 2.75) is 141 Å². The van der Waals surface area contributed by atoms with Crippen LogP contribution in [0.2, 0.25) is 0 Å². The molecule has 0 spiro atoms. The molecule has 52 heavy (non-hydrogen) atoms. The Morgan fingerprint density at radius 3 is 1.83 bits per heavy atom. The van der Waals surface area contributed by atoms with E-state index in [1.54, 1.807) is 0 Å². The van der Waals surface area contributed by atoms with Gasteiger partial charge in [0.2, 0.25) is 0 Å². The number of hydrogen-bond acceptors (Lipinski definition) is 11. The maximum Gasteiger partial charge on any atom is 0.397 e. The maximum atomic E-state index is 12.7. The highest BCUT2D eigenvalue weighted by molar-refractivity contribution is 7.80. The van der Waals surface area contributed by atoms with E-state index in [1.165, 1.54) is 6.42 Å². The molecule has 12 nitrogen and oxygen atoms in total. The first-order valence-electron chi connectivity index (χ1n) is 18.7. The molecule has 6 atom stereocenters. The highest BCUT2D eigenvalue weighted by Gasteiger charge is 2.48. The minimum Gasteiger partial charge on any atom is -0.457 e. The van der Waals surface area contributed by atoms with Gasteiger partial charge in [-0.25, -0.2) is 4.18 Å². The predicted octanol–water partition coefficient (Wildman–Crippen LogP) is 6.40. The van der Waals surface area contributed by atoms with Gasteiger partial charge in [-0.1, -0.05) is 119 Å². The maximum absolute atomic E-state index is 12.7. The SMILES string of the molecule is CC/C=C\C/C=C\C/C=C\C/C=C\C/C=C\C/C=C\CCC(=O)OC(COCCCCCCCC)COC1OC(CO)C(O)C(OS(=O)(=O)O)C1O. The molecule has 0 radical (unpaired) electrons. The monoisotopic (exact) mass is 756 g/mol. The predicted molar refractivity (Wildman–Crippen MR) is 202 cm³/mol. The Morgan fingerprint density at radius 2 is 1.29 bits per heavy atom. The quantitative estimate of drug-likeness (QED) is 0.0275. The van der Waals surface area contributed by atoms with Crippen LogP contribution in [0.4, 0.5) is 0 Å². The van der Waals surface area contributed by atoms with E-state index >= 15 is 0 Å². The fourth-order valence-electron chi connectivity index (χ4n) is 5.05. The minimum atomic E-state index is -5.06. The van der Waals surface area contributed by atoms with Gasteiger partial charge in [-0.3, -0.25) is 9.35 Å². The molecule has 298 valence electrons. The Labute approximate surface area is 311 Å². The summed E-state index contributed by atoms with van der Waals surface area (Å²) >= 11 is 0. The van der Waals surface area contributed by atoms with Gasteiger partial charge in [0, 0.05) is 13.0 Å². The number of carbonyl (C=O) groups excluding carboxylic acids is 1. The lowest BCUT2D eigenvalue weighted by atomic mass is 9.99. The van der Waals surface area contributed by atoms with E-state index in [-0.39, 0.29) is 19.6 Å². The lowest BCUT2D eigenvalue weighted by Crippen LogP contribution is -2.60. The van der Waals surface area contributed by atoms with Crippen LogP contribution < -0.4 is 0 Å². The molecule has 1 rings (SSSR count). The number of carbonyl (C=O) groups is 1. The molecule has 6 unspecified atom stereocenters. The van der Waals surface area contributed by atoms with Crippen LogP contribution in [-0.4, -0.2) is 97.5 Å². The van der Waals surface area contributed by atoms with Crippen molar-refractivity contribution < 1.29 is 56.2 Å². The molecular weight excluding hydrogens is 692 g/mol. The Kier molecular flexibility index (Phi) is 28.3. The van der Waals surface area contributed by atoms with Crippen LogP contribution in [0.15, 0.2) is 72.9 Å². The minimum absolute atomic E-state index is 0.000424. The van der Waals surface area contributed by atoms with Gasteiger partial charge < -0.3 is 34.3 Å². The first-order valence-corrected chi connectivity index (χ1v) is 20.1. The van der Waals surface area contributed by atoms with Crippen LogP contribution >= 0.6 is 0 Å². The standard InChI is InChI=1S/C39H64O12S/c1-3-5-7-9-11-12-13-14-15-16-17-18-19-20-21-22-23-24-26-28-35(41)49-33(31-47-29-27-25-10-8-6-4-2)32-48-39-37(43)38(51-52(44,45)46)36(42)34(30-40)50-39/h5,7,11-12,14-15,17-18,20-21,23-24,33-34,36-40,42-43H,3-4,6,8-10,13,16,19,22,25-32H2,1-2H3,(H,44,45,46)/b7-5-,12-11-,15-14-,18-17-,21-20-,24-23-. The van der Waals surface area contributed by atoms with E-state index < -0.39 is 59.8 Å². The smallest absolute Gasteiger partial charge is 0.397 e. The zero-order valence-electron chi connectivity index (χ0n) is 31.1. The van der Waals surface area contributed by atoms with Crippen molar-refractivity contribution in [3.63, 3.8) is 0 Å². The summed E-state index contributed by atoms with van der Waals surface area (Å²) in [7, 11) is -5.06. The second-order valence-corrected chi connectivity index (χ2v) is 13.5. The van der Waals surface area contributed by atoms with E-state index in [9.17, 15) is 28.5 Å². The summed E-state index contributed by atoms with van der Waals surface area (Å²) < 4.78 is 58.4. The van der Waals surface area contributed by atoms with Gasteiger partial charge in [-0.2, -0.15) is 8.42 Å². The number of aliphatic hydroxyl groups is 3. The Morgan fingerprint density at radius 1 is 0.750 bits per heavy atom. The molecule has 0 saturated carbocycles. The van der Waals surface area contributed by atoms with Gasteiger partial charge >= 0.3 is 16.4 Å². The summed E-state index contributed by atoms with van der Waals surface area (Å²) in [6.45, 7) is 3.67. The van der Waals surface area contributed by atoms with Crippen molar-refractivity contribution in [2.75, 3.05) is 26.4 Å². The summed E-state index contributed by atoms with van der Waals surface area (Å²) in [5, 5.41) is 30.4. The highest BCUT2D eigenvalue weighted by Crippen LogP contribution is 2.26. The van der Waals surface area contributed by atoms with E-state index in [0.29, 0.717) is 13.0 Å².